The molecule has 1 aromatic carbocycles. The van der Waals surface area contributed by atoms with Gasteiger partial charge in [-0.15, -0.1) is 0 Å². The molecule has 0 amide bonds. The van der Waals surface area contributed by atoms with Crippen molar-refractivity contribution in [2.45, 2.75) is 18.9 Å². The third-order valence-electron chi connectivity index (χ3n) is 2.91. The molecule has 5 heteroatoms. The third-order valence-corrected chi connectivity index (χ3v) is 2.91. The topological polar surface area (TPSA) is 78.4 Å². The zero-order valence-corrected chi connectivity index (χ0v) is 9.05. The average Bonchev–Trinajstić information content (AvgIpc) is 3.11. The molecule has 1 aliphatic rings. The molecule has 86 valence electrons. The summed E-state index contributed by atoms with van der Waals surface area (Å²) in [5.41, 5.74) is 6.79. The molecule has 0 unspecified atom stereocenters. The number of hydrogen-bond acceptors (Lipinski definition) is 4. The van der Waals surface area contributed by atoms with E-state index in [0.29, 0.717) is 5.92 Å². The summed E-state index contributed by atoms with van der Waals surface area (Å²) in [4.78, 5) is 10.4. The second-order valence-corrected chi connectivity index (χ2v) is 4.05. The molecule has 0 aliphatic heterocycles. The lowest BCUT2D eigenvalue weighted by atomic mass is 10.0. The monoisotopic (exact) mass is 222 g/mol. The van der Waals surface area contributed by atoms with Gasteiger partial charge in [0.05, 0.1) is 12.0 Å². The van der Waals surface area contributed by atoms with E-state index in [1.165, 1.54) is 13.2 Å². The van der Waals surface area contributed by atoms with Gasteiger partial charge < -0.3 is 10.5 Å². The molecule has 0 spiro atoms. The number of nitro groups is 1. The van der Waals surface area contributed by atoms with E-state index in [9.17, 15) is 10.1 Å². The van der Waals surface area contributed by atoms with E-state index in [1.807, 2.05) is 0 Å². The van der Waals surface area contributed by atoms with Gasteiger partial charge in [-0.1, -0.05) is 6.07 Å². The Morgan fingerprint density at radius 3 is 2.75 bits per heavy atom. The number of benzene rings is 1. The lowest BCUT2D eigenvalue weighted by Crippen LogP contribution is -2.12. The first kappa shape index (κ1) is 10.9. The van der Waals surface area contributed by atoms with Crippen LogP contribution in [0.4, 0.5) is 5.69 Å². The fourth-order valence-corrected chi connectivity index (χ4v) is 1.78. The molecule has 1 fully saturated rings. The standard InChI is InChI=1S/C11H14N2O3/c1-16-10-5-4-8(6-9(10)13(14)15)11(12)7-2-3-7/h4-7,11H,2-3,12H2,1H3/t11-/m0/s1. The lowest BCUT2D eigenvalue weighted by Gasteiger charge is -2.11. The van der Waals surface area contributed by atoms with E-state index < -0.39 is 4.92 Å². The molecule has 0 heterocycles. The largest absolute Gasteiger partial charge is 0.490 e. The number of nitrogens with two attached hydrogens (primary N) is 1. The van der Waals surface area contributed by atoms with Crippen molar-refractivity contribution in [3.8, 4) is 5.75 Å². The molecule has 1 aromatic rings. The second kappa shape index (κ2) is 4.09. The van der Waals surface area contributed by atoms with E-state index in [-0.39, 0.29) is 17.5 Å². The van der Waals surface area contributed by atoms with E-state index in [4.69, 9.17) is 10.5 Å². The Hall–Kier alpha value is -1.62. The maximum atomic E-state index is 10.8. The number of hydrogen-bond donors (Lipinski definition) is 1. The summed E-state index contributed by atoms with van der Waals surface area (Å²) < 4.78 is 4.93. The van der Waals surface area contributed by atoms with Crippen LogP contribution >= 0.6 is 0 Å². The summed E-state index contributed by atoms with van der Waals surface area (Å²) in [6.07, 6.45) is 2.22. The van der Waals surface area contributed by atoms with Gasteiger partial charge in [0.2, 0.25) is 0 Å². The van der Waals surface area contributed by atoms with Gasteiger partial charge >= 0.3 is 5.69 Å². The van der Waals surface area contributed by atoms with Crippen LogP contribution in [-0.4, -0.2) is 12.0 Å². The van der Waals surface area contributed by atoms with Crippen molar-refractivity contribution in [2.24, 2.45) is 11.7 Å². The van der Waals surface area contributed by atoms with Crippen LogP contribution < -0.4 is 10.5 Å². The summed E-state index contributed by atoms with van der Waals surface area (Å²) in [5, 5.41) is 10.8. The fraction of sp³-hybridized carbons (Fsp3) is 0.455. The van der Waals surface area contributed by atoms with Crippen LogP contribution in [0.3, 0.4) is 0 Å². The van der Waals surface area contributed by atoms with E-state index in [1.54, 1.807) is 12.1 Å². The first-order valence-electron chi connectivity index (χ1n) is 5.21. The maximum absolute atomic E-state index is 10.8. The highest BCUT2D eigenvalue weighted by Crippen LogP contribution is 2.41. The summed E-state index contributed by atoms with van der Waals surface area (Å²) in [7, 11) is 1.42. The first-order valence-corrected chi connectivity index (χ1v) is 5.21. The van der Waals surface area contributed by atoms with Crippen LogP contribution in [0.15, 0.2) is 18.2 Å². The van der Waals surface area contributed by atoms with E-state index >= 15 is 0 Å². The van der Waals surface area contributed by atoms with Crippen LogP contribution in [0.5, 0.6) is 5.75 Å². The maximum Gasteiger partial charge on any atom is 0.311 e. The third kappa shape index (κ3) is 1.99. The van der Waals surface area contributed by atoms with Crippen molar-refractivity contribution >= 4 is 5.69 Å². The predicted molar refractivity (Wildman–Crippen MR) is 59.3 cm³/mol. The van der Waals surface area contributed by atoms with E-state index in [0.717, 1.165) is 18.4 Å². The number of methoxy groups -OCH3 is 1. The van der Waals surface area contributed by atoms with Crippen molar-refractivity contribution in [3.63, 3.8) is 0 Å². The number of nitro benzene ring substituents is 1. The van der Waals surface area contributed by atoms with Gasteiger partial charge in [-0.3, -0.25) is 10.1 Å². The molecule has 0 radical (unpaired) electrons. The summed E-state index contributed by atoms with van der Waals surface area (Å²) in [6, 6.07) is 4.83. The van der Waals surface area contributed by atoms with Crippen molar-refractivity contribution in [1.82, 2.24) is 0 Å². The SMILES string of the molecule is COc1ccc([C@@H](N)C2CC2)cc1[N+](=O)[O-]. The summed E-state index contributed by atoms with van der Waals surface area (Å²) >= 11 is 0. The molecule has 1 saturated carbocycles. The average molecular weight is 222 g/mol. The van der Waals surface area contributed by atoms with Crippen LogP contribution in [-0.2, 0) is 0 Å². The van der Waals surface area contributed by atoms with Crippen molar-refractivity contribution in [3.05, 3.63) is 33.9 Å². The van der Waals surface area contributed by atoms with Crippen LogP contribution in [0, 0.1) is 16.0 Å². The molecule has 2 N–H and O–H groups in total. The quantitative estimate of drug-likeness (QED) is 0.624. The summed E-state index contributed by atoms with van der Waals surface area (Å²) in [5.74, 6) is 0.754. The van der Waals surface area contributed by atoms with Gasteiger partial charge in [0.15, 0.2) is 5.75 Å². The fourth-order valence-electron chi connectivity index (χ4n) is 1.78. The second-order valence-electron chi connectivity index (χ2n) is 4.05. The van der Waals surface area contributed by atoms with Gasteiger partial charge in [-0.2, -0.15) is 0 Å². The van der Waals surface area contributed by atoms with Gasteiger partial charge in [0.25, 0.3) is 0 Å². The normalized spacial score (nSPS) is 16.9. The molecule has 1 atom stereocenters. The highest BCUT2D eigenvalue weighted by molar-refractivity contribution is 5.49. The van der Waals surface area contributed by atoms with Crippen LogP contribution in [0.2, 0.25) is 0 Å². The Kier molecular flexibility index (Phi) is 2.78. The smallest absolute Gasteiger partial charge is 0.311 e. The van der Waals surface area contributed by atoms with Crippen molar-refractivity contribution in [1.29, 1.82) is 0 Å². The zero-order valence-electron chi connectivity index (χ0n) is 9.05. The molecule has 0 aromatic heterocycles. The molecule has 0 saturated heterocycles. The summed E-state index contributed by atoms with van der Waals surface area (Å²) in [6.45, 7) is 0. The molecule has 1 aliphatic carbocycles. The number of ether oxygens (including phenoxy) is 1. The number of rotatable bonds is 4. The lowest BCUT2D eigenvalue weighted by molar-refractivity contribution is -0.385. The van der Waals surface area contributed by atoms with Gasteiger partial charge in [0.1, 0.15) is 0 Å². The predicted octanol–water partition coefficient (Wildman–Crippen LogP) is 2.01. The van der Waals surface area contributed by atoms with Gasteiger partial charge in [-0.05, 0) is 30.4 Å². The Morgan fingerprint density at radius 1 is 1.56 bits per heavy atom. The minimum atomic E-state index is -0.443. The Bertz CT molecular complexity index is 416. The highest BCUT2D eigenvalue weighted by atomic mass is 16.6. The Balaban J connectivity index is 2.33. The molecule has 16 heavy (non-hydrogen) atoms. The first-order chi connectivity index (χ1) is 7.63. The molecule has 2 rings (SSSR count). The molecule has 5 nitrogen and oxygen atoms in total. The van der Waals surface area contributed by atoms with Gasteiger partial charge in [-0.25, -0.2) is 0 Å². The highest BCUT2D eigenvalue weighted by Gasteiger charge is 2.30. The Morgan fingerprint density at radius 2 is 2.25 bits per heavy atom. The number of nitrogens with zero attached hydrogens (tertiary/aromatic N) is 1. The minimum Gasteiger partial charge on any atom is -0.490 e. The molecular formula is C11H14N2O3. The van der Waals surface area contributed by atoms with Gasteiger partial charge in [0, 0.05) is 12.1 Å². The van der Waals surface area contributed by atoms with E-state index in [2.05, 4.69) is 0 Å². The van der Waals surface area contributed by atoms with Crippen molar-refractivity contribution < 1.29 is 9.66 Å². The van der Waals surface area contributed by atoms with Crippen molar-refractivity contribution in [2.75, 3.05) is 7.11 Å². The van der Waals surface area contributed by atoms with Crippen LogP contribution in [0.25, 0.3) is 0 Å². The van der Waals surface area contributed by atoms with Crippen LogP contribution in [0.1, 0.15) is 24.4 Å². The molecule has 0 bridgehead atoms. The Labute approximate surface area is 93.4 Å². The minimum absolute atomic E-state index is 0.0175. The molecular weight excluding hydrogens is 208 g/mol. The zero-order chi connectivity index (χ0) is 11.7.